The molecule has 4 aliphatic heterocycles. The van der Waals surface area contributed by atoms with Gasteiger partial charge < -0.3 is 40.1 Å². The number of esters is 2. The van der Waals surface area contributed by atoms with Crippen molar-refractivity contribution in [1.82, 2.24) is 15.1 Å². The van der Waals surface area contributed by atoms with Gasteiger partial charge in [0.05, 0.1) is 89.9 Å². The van der Waals surface area contributed by atoms with E-state index < -0.39 is 88.9 Å². The molecule has 4 amide bonds. The lowest BCUT2D eigenvalue weighted by atomic mass is 9.82. The van der Waals surface area contributed by atoms with Crippen LogP contribution in [0.25, 0.3) is 0 Å². The third kappa shape index (κ3) is 14.1. The second-order valence-corrected chi connectivity index (χ2v) is 21.0. The molecule has 0 radical (unpaired) electrons. The summed E-state index contributed by atoms with van der Waals surface area (Å²) in [7, 11) is 6.01. The number of hydrogen-bond acceptors (Lipinski definition) is 14. The molecule has 4 heterocycles. The van der Waals surface area contributed by atoms with Crippen molar-refractivity contribution in [2.45, 2.75) is 51.4 Å². The van der Waals surface area contributed by atoms with E-state index in [1.54, 1.807) is 55.4 Å². The monoisotopic (exact) mass is 1300 g/mol. The SMILES string of the molecule is C.C.CNc1cc(Br)ccc1C(=O)OC.CNc1cc(N2CC3(C2)C(=O)N(c2ccc(C#N)cc2F)CC(=O)N3Cc2ccc(C(F)(F)F)cc2)ccc1C(=O)OC.N#Cc1ccc(N2CC(=O)N(Cc3ccc(C(F)(F)F)cc3)C3(CNC3)C2=O)c(F)c1. The fourth-order valence-electron chi connectivity index (χ4n) is 10.2. The van der Waals surface area contributed by atoms with E-state index in [0.717, 1.165) is 56.4 Å². The molecule has 2 spiro atoms. The van der Waals surface area contributed by atoms with Crippen molar-refractivity contribution in [3.8, 4) is 12.1 Å². The van der Waals surface area contributed by atoms with Gasteiger partial charge in [0.2, 0.25) is 11.8 Å². The Hall–Kier alpha value is -9.60. The Labute approximate surface area is 515 Å². The van der Waals surface area contributed by atoms with Crippen LogP contribution >= 0.6 is 15.9 Å². The predicted octanol–water partition coefficient (Wildman–Crippen LogP) is 10.2. The lowest BCUT2D eigenvalue weighted by Gasteiger charge is -2.58. The lowest BCUT2D eigenvalue weighted by Crippen LogP contribution is -2.81. The zero-order valence-corrected chi connectivity index (χ0v) is 48.1. The highest BCUT2D eigenvalue weighted by Gasteiger charge is 2.61. The van der Waals surface area contributed by atoms with Crippen LogP contribution in [0.4, 0.5) is 63.6 Å². The number of nitrogens with zero attached hydrogens (tertiary/aromatic N) is 7. The first-order valence-electron chi connectivity index (χ1n) is 26.1. The number of halogens is 9. The van der Waals surface area contributed by atoms with Crippen LogP contribution in [0.15, 0.2) is 126 Å². The fourth-order valence-corrected chi connectivity index (χ4v) is 10.6. The minimum atomic E-state index is -4.54. The summed E-state index contributed by atoms with van der Waals surface area (Å²) in [6.07, 6.45) is -9.01. The Balaban J connectivity index is 0.000000239. The molecule has 6 aromatic rings. The smallest absolute Gasteiger partial charge is 0.416 e. The molecule has 3 N–H and O–H groups in total. The Morgan fingerprint density at radius 1 is 0.596 bits per heavy atom. The van der Waals surface area contributed by atoms with Gasteiger partial charge in [-0.25, -0.2) is 18.4 Å². The van der Waals surface area contributed by atoms with Crippen LogP contribution in [-0.4, -0.2) is 124 Å². The van der Waals surface area contributed by atoms with Crippen molar-refractivity contribution in [1.29, 1.82) is 10.5 Å². The number of nitriles is 2. The van der Waals surface area contributed by atoms with Gasteiger partial charge in [-0.1, -0.05) is 55.0 Å². The number of hydrogen-bond donors (Lipinski definition) is 3. The van der Waals surface area contributed by atoms with Gasteiger partial charge in [0.25, 0.3) is 11.8 Å². The van der Waals surface area contributed by atoms with Gasteiger partial charge in [0.15, 0.2) is 5.54 Å². The van der Waals surface area contributed by atoms with Crippen LogP contribution in [0.2, 0.25) is 0 Å². The van der Waals surface area contributed by atoms with Crippen molar-refractivity contribution in [3.05, 3.63) is 182 Å². The van der Waals surface area contributed by atoms with E-state index in [0.29, 0.717) is 33.6 Å². The van der Waals surface area contributed by atoms with Crippen molar-refractivity contribution in [3.63, 3.8) is 0 Å². The number of carbonyl (C=O) groups is 6. The van der Waals surface area contributed by atoms with Crippen molar-refractivity contribution >= 4 is 79.9 Å². The molecule has 0 bridgehead atoms. The fraction of sp³-hybridized carbons (Fsp3) is 0.290. The number of methoxy groups -OCH3 is 2. The van der Waals surface area contributed by atoms with Gasteiger partial charge in [0.1, 0.15) is 30.3 Å². The summed E-state index contributed by atoms with van der Waals surface area (Å²) >= 11 is 3.32. The number of carbonyl (C=O) groups excluding carboxylic acids is 6. The van der Waals surface area contributed by atoms with Crippen LogP contribution in [0, 0.1) is 34.3 Å². The van der Waals surface area contributed by atoms with E-state index in [1.165, 1.54) is 72.6 Å². The average Bonchev–Trinajstić information content (AvgIpc) is 0.740. The summed E-state index contributed by atoms with van der Waals surface area (Å²) < 4.78 is 118. The van der Waals surface area contributed by atoms with Crippen LogP contribution in [0.3, 0.4) is 0 Å². The second-order valence-electron chi connectivity index (χ2n) is 20.1. The van der Waals surface area contributed by atoms with Gasteiger partial charge in [-0.3, -0.25) is 29.0 Å². The maximum atomic E-state index is 15.0. The maximum absolute atomic E-state index is 15.0. The van der Waals surface area contributed by atoms with Crippen LogP contribution in [0.1, 0.15) is 68.9 Å². The zero-order valence-electron chi connectivity index (χ0n) is 46.5. The Bertz CT molecular complexity index is 3750. The van der Waals surface area contributed by atoms with E-state index in [-0.39, 0.29) is 82.6 Å². The number of rotatable bonds is 11. The Morgan fingerprint density at radius 2 is 1.00 bits per heavy atom. The summed E-state index contributed by atoms with van der Waals surface area (Å²) in [4.78, 5) is 83.8. The number of anilines is 5. The number of benzene rings is 6. The third-order valence-corrected chi connectivity index (χ3v) is 15.4. The molecule has 18 nitrogen and oxygen atoms in total. The molecular weight excluding hydrogens is 1240 g/mol. The zero-order chi connectivity index (χ0) is 63.3. The number of ether oxygens (including phenoxy) is 2. The Morgan fingerprint density at radius 3 is 1.37 bits per heavy atom. The molecule has 4 fully saturated rings. The summed E-state index contributed by atoms with van der Waals surface area (Å²) in [5.74, 6) is -4.56. The highest BCUT2D eigenvalue weighted by atomic mass is 79.9. The summed E-state index contributed by atoms with van der Waals surface area (Å²) in [5, 5.41) is 26.8. The molecule has 468 valence electrons. The third-order valence-electron chi connectivity index (χ3n) is 14.9. The van der Waals surface area contributed by atoms with Gasteiger partial charge in [-0.2, -0.15) is 36.9 Å². The number of nitrogens with one attached hydrogen (secondary N) is 3. The quantitative estimate of drug-likeness (QED) is 0.0812. The molecular formula is C62H59BrF8N10O8. The molecule has 6 aromatic carbocycles. The summed E-state index contributed by atoms with van der Waals surface area (Å²) in [5.41, 5.74) is -1.02. The van der Waals surface area contributed by atoms with Gasteiger partial charge in [-0.05, 0) is 108 Å². The minimum Gasteiger partial charge on any atom is -0.465 e. The second kappa shape index (κ2) is 27.6. The van der Waals surface area contributed by atoms with Crippen molar-refractivity contribution in [2.75, 3.05) is 92.9 Å². The van der Waals surface area contributed by atoms with Crippen molar-refractivity contribution in [2.24, 2.45) is 0 Å². The van der Waals surface area contributed by atoms with Crippen LogP contribution in [-0.2, 0) is 54.1 Å². The summed E-state index contributed by atoms with van der Waals surface area (Å²) in [6.45, 7) is -0.830. The standard InChI is InChI=1S/C30H25F4N5O4.C21H16F4N4O2.C9H10BrNO2.2CH4/c1-36-24-12-21(8-9-22(24)27(41)43-2)37-16-29(17-37)28(42)38(25-10-5-19(13-35)11-23(25)31)15-26(40)39(29)14-18-3-6-20(7-4-18)30(32,33)34;22-16-7-14(8-26)3-6-17(16)28-10-18(30)29(20(19(28)31)11-27-12-20)9-13-1-4-15(5-2-13)21(23,24)25;1-11-8-5-6(10)3-4-7(8)9(12)13-2;;/h3-12,36H,14-17H2,1-2H3;1-7,27H,9-12H2;3-5,11H,1-2H3;2*1H4. The molecule has 0 aliphatic carbocycles. The molecule has 27 heteroatoms. The largest absolute Gasteiger partial charge is 0.465 e. The molecule has 0 saturated carbocycles. The Kier molecular flexibility index (Phi) is 21.3. The normalized spacial score (nSPS) is 15.5. The van der Waals surface area contributed by atoms with E-state index in [1.807, 2.05) is 12.1 Å². The molecule has 89 heavy (non-hydrogen) atoms. The maximum Gasteiger partial charge on any atom is 0.416 e. The highest BCUT2D eigenvalue weighted by Crippen LogP contribution is 2.42. The minimum absolute atomic E-state index is 0. The van der Waals surface area contributed by atoms with E-state index in [2.05, 4.69) is 36.6 Å². The first kappa shape index (κ1) is 68.5. The van der Waals surface area contributed by atoms with Gasteiger partial charge >= 0.3 is 24.3 Å². The average molecular weight is 1300 g/mol. The van der Waals surface area contributed by atoms with E-state index >= 15 is 4.39 Å². The predicted molar refractivity (Wildman–Crippen MR) is 317 cm³/mol. The molecule has 4 saturated heterocycles. The van der Waals surface area contributed by atoms with E-state index in [4.69, 9.17) is 15.3 Å². The lowest BCUT2D eigenvalue weighted by molar-refractivity contribution is -0.155. The first-order valence-corrected chi connectivity index (χ1v) is 26.9. The number of piperazine rings is 2. The number of alkyl halides is 6. The van der Waals surface area contributed by atoms with Crippen molar-refractivity contribution < 1.29 is 73.4 Å². The molecule has 0 aromatic heterocycles. The molecule has 4 aliphatic rings. The molecule has 0 atom stereocenters. The summed E-state index contributed by atoms with van der Waals surface area (Å²) in [6, 6.07) is 29.8. The molecule has 10 rings (SSSR count). The highest BCUT2D eigenvalue weighted by molar-refractivity contribution is 9.10. The van der Waals surface area contributed by atoms with Gasteiger partial charge in [-0.15, -0.1) is 0 Å². The topological polar surface area (TPSA) is 221 Å². The van der Waals surface area contributed by atoms with Crippen LogP contribution in [0.5, 0.6) is 0 Å². The van der Waals surface area contributed by atoms with E-state index in [9.17, 15) is 59.5 Å². The van der Waals surface area contributed by atoms with Gasteiger partial charge in [0, 0.05) is 56.1 Å². The van der Waals surface area contributed by atoms with Crippen LogP contribution < -0.4 is 30.7 Å². The first-order chi connectivity index (χ1) is 41.2. The number of amides is 4. The molecule has 0 unspecified atom stereocenters.